The van der Waals surface area contributed by atoms with E-state index >= 15 is 0 Å². The fourth-order valence-corrected chi connectivity index (χ4v) is 1.52. The van der Waals surface area contributed by atoms with E-state index in [0.29, 0.717) is 18.8 Å². The van der Waals surface area contributed by atoms with Crippen LogP contribution in [-0.4, -0.2) is 43.8 Å². The molecule has 1 aromatic carbocycles. The standard InChI is InChI=1S/C13H18N2O4/c1-9-3-4-10(13(17)18)11(7-9)15-8-12(16)14-5-6-19-2/h3-4,7,15H,5-6,8H2,1-2H3,(H,14,16)(H,17,18). The number of carboxylic acid groups (broad SMARTS) is 1. The van der Waals surface area contributed by atoms with Gasteiger partial charge in [-0.2, -0.15) is 0 Å². The molecular formula is C13H18N2O4. The van der Waals surface area contributed by atoms with Crippen molar-refractivity contribution in [1.29, 1.82) is 0 Å². The molecule has 1 amide bonds. The molecule has 6 heteroatoms. The Labute approximate surface area is 111 Å². The monoisotopic (exact) mass is 266 g/mol. The topological polar surface area (TPSA) is 87.7 Å². The second-order valence-electron chi connectivity index (χ2n) is 4.05. The van der Waals surface area contributed by atoms with Crippen LogP contribution in [0.25, 0.3) is 0 Å². The molecule has 0 unspecified atom stereocenters. The van der Waals surface area contributed by atoms with Crippen molar-refractivity contribution < 1.29 is 19.4 Å². The Morgan fingerprint density at radius 1 is 1.37 bits per heavy atom. The lowest BCUT2D eigenvalue weighted by atomic mass is 10.1. The fraction of sp³-hybridized carbons (Fsp3) is 0.385. The number of anilines is 1. The number of nitrogens with one attached hydrogen (secondary N) is 2. The molecule has 104 valence electrons. The first kappa shape index (κ1) is 15.0. The van der Waals surface area contributed by atoms with Crippen LogP contribution < -0.4 is 10.6 Å². The summed E-state index contributed by atoms with van der Waals surface area (Å²) in [5.74, 6) is -1.24. The molecule has 0 atom stereocenters. The average Bonchev–Trinajstić information content (AvgIpc) is 2.36. The highest BCUT2D eigenvalue weighted by Crippen LogP contribution is 2.17. The summed E-state index contributed by atoms with van der Waals surface area (Å²) in [5, 5.41) is 14.5. The highest BCUT2D eigenvalue weighted by Gasteiger charge is 2.10. The van der Waals surface area contributed by atoms with E-state index in [1.54, 1.807) is 19.2 Å². The van der Waals surface area contributed by atoms with Crippen LogP contribution >= 0.6 is 0 Å². The number of aryl methyl sites for hydroxylation is 1. The number of hydrogen-bond acceptors (Lipinski definition) is 4. The SMILES string of the molecule is COCCNC(=O)CNc1cc(C)ccc1C(=O)O. The molecule has 3 N–H and O–H groups in total. The minimum atomic E-state index is -1.03. The highest BCUT2D eigenvalue weighted by atomic mass is 16.5. The zero-order chi connectivity index (χ0) is 14.3. The van der Waals surface area contributed by atoms with Crippen LogP contribution in [0, 0.1) is 6.92 Å². The molecule has 1 rings (SSSR count). The third kappa shape index (κ3) is 4.97. The molecule has 0 spiro atoms. The molecule has 6 nitrogen and oxygen atoms in total. The van der Waals surface area contributed by atoms with Crippen molar-refractivity contribution in [2.75, 3.05) is 32.1 Å². The first-order valence-corrected chi connectivity index (χ1v) is 5.88. The maximum Gasteiger partial charge on any atom is 0.337 e. The molecule has 0 aliphatic rings. The van der Waals surface area contributed by atoms with E-state index < -0.39 is 5.97 Å². The molecule has 0 saturated carbocycles. The molecular weight excluding hydrogens is 248 g/mol. The number of carbonyl (C=O) groups is 2. The van der Waals surface area contributed by atoms with E-state index in [0.717, 1.165) is 5.56 Å². The Morgan fingerprint density at radius 3 is 2.74 bits per heavy atom. The summed E-state index contributed by atoms with van der Waals surface area (Å²) < 4.78 is 4.81. The fourth-order valence-electron chi connectivity index (χ4n) is 1.52. The Hall–Kier alpha value is -2.08. The number of aromatic carboxylic acids is 1. The van der Waals surface area contributed by atoms with Crippen LogP contribution in [0.3, 0.4) is 0 Å². The molecule has 0 aliphatic carbocycles. The van der Waals surface area contributed by atoms with Gasteiger partial charge < -0.3 is 20.5 Å². The average molecular weight is 266 g/mol. The molecule has 0 aromatic heterocycles. The largest absolute Gasteiger partial charge is 0.478 e. The van der Waals surface area contributed by atoms with Crippen molar-refractivity contribution >= 4 is 17.6 Å². The van der Waals surface area contributed by atoms with Crippen molar-refractivity contribution in [1.82, 2.24) is 5.32 Å². The van der Waals surface area contributed by atoms with Crippen molar-refractivity contribution in [3.8, 4) is 0 Å². The van der Waals surface area contributed by atoms with Gasteiger partial charge in [-0.05, 0) is 24.6 Å². The van der Waals surface area contributed by atoms with Gasteiger partial charge in [0.15, 0.2) is 0 Å². The van der Waals surface area contributed by atoms with Crippen molar-refractivity contribution in [3.05, 3.63) is 29.3 Å². The molecule has 0 fully saturated rings. The quantitative estimate of drug-likeness (QED) is 0.637. The Bertz CT molecular complexity index is 460. The van der Waals surface area contributed by atoms with Crippen LogP contribution in [0.5, 0.6) is 0 Å². The van der Waals surface area contributed by atoms with E-state index in [2.05, 4.69) is 10.6 Å². The number of hydrogen-bond donors (Lipinski definition) is 3. The minimum Gasteiger partial charge on any atom is -0.478 e. The third-order valence-electron chi connectivity index (χ3n) is 2.47. The zero-order valence-corrected chi connectivity index (χ0v) is 11.0. The van der Waals surface area contributed by atoms with Gasteiger partial charge in [0, 0.05) is 19.3 Å². The zero-order valence-electron chi connectivity index (χ0n) is 11.0. The van der Waals surface area contributed by atoms with Gasteiger partial charge in [0.25, 0.3) is 0 Å². The van der Waals surface area contributed by atoms with Gasteiger partial charge in [-0.25, -0.2) is 4.79 Å². The lowest BCUT2D eigenvalue weighted by Gasteiger charge is -2.10. The van der Waals surface area contributed by atoms with E-state index in [9.17, 15) is 9.59 Å². The summed E-state index contributed by atoms with van der Waals surface area (Å²) in [7, 11) is 1.55. The number of amides is 1. The summed E-state index contributed by atoms with van der Waals surface area (Å²) in [6.45, 7) is 2.75. The van der Waals surface area contributed by atoms with Crippen molar-refractivity contribution in [2.24, 2.45) is 0 Å². The number of rotatable bonds is 7. The molecule has 0 heterocycles. The maximum atomic E-state index is 11.5. The maximum absolute atomic E-state index is 11.5. The van der Waals surface area contributed by atoms with Gasteiger partial charge >= 0.3 is 5.97 Å². The van der Waals surface area contributed by atoms with Gasteiger partial charge in [-0.3, -0.25) is 4.79 Å². The first-order valence-electron chi connectivity index (χ1n) is 5.88. The predicted molar refractivity (Wildman–Crippen MR) is 71.5 cm³/mol. The number of benzene rings is 1. The summed E-state index contributed by atoms with van der Waals surface area (Å²) in [6, 6.07) is 4.93. The van der Waals surface area contributed by atoms with Crippen LogP contribution in [0.4, 0.5) is 5.69 Å². The van der Waals surface area contributed by atoms with Gasteiger partial charge in [-0.15, -0.1) is 0 Å². The normalized spacial score (nSPS) is 10.0. The third-order valence-corrected chi connectivity index (χ3v) is 2.47. The molecule has 0 aliphatic heterocycles. The summed E-state index contributed by atoms with van der Waals surface area (Å²) in [6.07, 6.45) is 0. The minimum absolute atomic E-state index is 0.0213. The Morgan fingerprint density at radius 2 is 2.11 bits per heavy atom. The van der Waals surface area contributed by atoms with Crippen LogP contribution in [-0.2, 0) is 9.53 Å². The summed E-state index contributed by atoms with van der Waals surface area (Å²) in [4.78, 5) is 22.5. The van der Waals surface area contributed by atoms with Crippen LogP contribution in [0.1, 0.15) is 15.9 Å². The van der Waals surface area contributed by atoms with E-state index in [1.807, 2.05) is 6.92 Å². The van der Waals surface area contributed by atoms with Gasteiger partial charge in [0.2, 0.25) is 5.91 Å². The van der Waals surface area contributed by atoms with Crippen molar-refractivity contribution in [3.63, 3.8) is 0 Å². The number of carbonyl (C=O) groups excluding carboxylic acids is 1. The highest BCUT2D eigenvalue weighted by molar-refractivity contribution is 5.95. The smallest absolute Gasteiger partial charge is 0.337 e. The molecule has 0 bridgehead atoms. The van der Waals surface area contributed by atoms with Gasteiger partial charge in [-0.1, -0.05) is 6.07 Å². The summed E-state index contributed by atoms with van der Waals surface area (Å²) in [5.41, 5.74) is 1.51. The Balaban J connectivity index is 2.59. The molecule has 0 radical (unpaired) electrons. The van der Waals surface area contributed by atoms with E-state index in [4.69, 9.17) is 9.84 Å². The second-order valence-corrected chi connectivity index (χ2v) is 4.05. The van der Waals surface area contributed by atoms with Crippen molar-refractivity contribution in [2.45, 2.75) is 6.92 Å². The predicted octanol–water partition coefficient (Wildman–Crippen LogP) is 0.868. The van der Waals surface area contributed by atoms with Gasteiger partial charge in [0.1, 0.15) is 0 Å². The van der Waals surface area contributed by atoms with Crippen LogP contribution in [0.2, 0.25) is 0 Å². The lowest BCUT2D eigenvalue weighted by Crippen LogP contribution is -2.32. The molecule has 1 aromatic rings. The van der Waals surface area contributed by atoms with Crippen LogP contribution in [0.15, 0.2) is 18.2 Å². The second kappa shape index (κ2) is 7.38. The number of carboxylic acids is 1. The summed E-state index contributed by atoms with van der Waals surface area (Å²) >= 11 is 0. The number of methoxy groups -OCH3 is 1. The van der Waals surface area contributed by atoms with Gasteiger partial charge in [0.05, 0.1) is 18.7 Å². The first-order chi connectivity index (χ1) is 9.04. The van der Waals surface area contributed by atoms with E-state index in [-0.39, 0.29) is 18.0 Å². The van der Waals surface area contributed by atoms with E-state index in [1.165, 1.54) is 6.07 Å². The Kier molecular flexibility index (Phi) is 5.81. The molecule has 0 saturated heterocycles. The molecule has 19 heavy (non-hydrogen) atoms. The lowest BCUT2D eigenvalue weighted by molar-refractivity contribution is -0.119. The number of ether oxygens (including phenoxy) is 1.